The van der Waals surface area contributed by atoms with E-state index >= 15 is 0 Å². The van der Waals surface area contributed by atoms with Gasteiger partial charge in [0.15, 0.2) is 0 Å². The Kier molecular flexibility index (Phi) is 5.14. The van der Waals surface area contributed by atoms with Crippen LogP contribution in [0.15, 0.2) is 28.7 Å². The Bertz CT molecular complexity index is 490. The zero-order valence-corrected chi connectivity index (χ0v) is 12.6. The van der Waals surface area contributed by atoms with Gasteiger partial charge in [-0.2, -0.15) is 0 Å². The average Bonchev–Trinajstić information content (AvgIpc) is 2.82. The Morgan fingerprint density at radius 3 is 2.75 bits per heavy atom. The predicted octanol–water partition coefficient (Wildman–Crippen LogP) is 1.30. The molecule has 0 saturated carbocycles. The number of anilines is 1. The fourth-order valence-electron chi connectivity index (χ4n) is 2.19. The number of benzene rings is 1. The van der Waals surface area contributed by atoms with Gasteiger partial charge in [-0.1, -0.05) is 15.9 Å². The Balaban J connectivity index is 1.96. The van der Waals surface area contributed by atoms with E-state index in [4.69, 9.17) is 5.11 Å². The number of amides is 2. The van der Waals surface area contributed by atoms with Gasteiger partial charge in [0.25, 0.3) is 0 Å². The topological polar surface area (TPSA) is 69.6 Å². The van der Waals surface area contributed by atoms with E-state index in [1.165, 1.54) is 0 Å². The summed E-state index contributed by atoms with van der Waals surface area (Å²) in [4.78, 5) is 25.6. The lowest BCUT2D eigenvalue weighted by Gasteiger charge is -2.16. The highest BCUT2D eigenvalue weighted by Crippen LogP contribution is 2.26. The van der Waals surface area contributed by atoms with Crippen molar-refractivity contribution in [1.82, 2.24) is 5.32 Å². The summed E-state index contributed by atoms with van der Waals surface area (Å²) in [6.45, 7) is 0.901. The Morgan fingerprint density at radius 2 is 2.10 bits per heavy atom. The van der Waals surface area contributed by atoms with Gasteiger partial charge in [0.2, 0.25) is 11.8 Å². The molecule has 5 nitrogen and oxygen atoms in total. The van der Waals surface area contributed by atoms with Crippen molar-refractivity contribution in [2.24, 2.45) is 5.92 Å². The van der Waals surface area contributed by atoms with Gasteiger partial charge in [0.1, 0.15) is 0 Å². The number of hydrogen-bond donors (Lipinski definition) is 2. The van der Waals surface area contributed by atoms with Crippen LogP contribution in [0.4, 0.5) is 5.69 Å². The van der Waals surface area contributed by atoms with Crippen molar-refractivity contribution in [3.05, 3.63) is 28.7 Å². The van der Waals surface area contributed by atoms with Crippen LogP contribution in [0, 0.1) is 5.92 Å². The maximum atomic E-state index is 12.0. The van der Waals surface area contributed by atoms with Crippen LogP contribution in [-0.4, -0.2) is 36.6 Å². The molecule has 1 aromatic rings. The quantitative estimate of drug-likeness (QED) is 0.794. The largest absolute Gasteiger partial charge is 0.396 e. The molecule has 0 bridgehead atoms. The van der Waals surface area contributed by atoms with Crippen molar-refractivity contribution < 1.29 is 14.7 Å². The molecule has 0 unspecified atom stereocenters. The van der Waals surface area contributed by atoms with Gasteiger partial charge in [-0.05, 0) is 30.7 Å². The smallest absolute Gasteiger partial charge is 0.227 e. The van der Waals surface area contributed by atoms with Crippen molar-refractivity contribution in [1.29, 1.82) is 0 Å². The second-order valence-electron chi connectivity index (χ2n) is 4.75. The maximum absolute atomic E-state index is 12.0. The molecule has 2 rings (SSSR count). The molecule has 108 valence electrons. The molecule has 0 aromatic heterocycles. The summed E-state index contributed by atoms with van der Waals surface area (Å²) >= 11 is 3.35. The fraction of sp³-hybridized carbons (Fsp3) is 0.429. The zero-order valence-electron chi connectivity index (χ0n) is 11.0. The molecule has 1 aliphatic heterocycles. The van der Waals surface area contributed by atoms with Crippen LogP contribution in [0.2, 0.25) is 0 Å². The fourth-order valence-corrected chi connectivity index (χ4v) is 2.45. The van der Waals surface area contributed by atoms with Crippen LogP contribution in [0.3, 0.4) is 0 Å². The van der Waals surface area contributed by atoms with Crippen molar-refractivity contribution >= 4 is 33.4 Å². The number of carbonyl (C=O) groups is 2. The zero-order chi connectivity index (χ0) is 14.5. The highest BCUT2D eigenvalue weighted by Gasteiger charge is 2.34. The molecule has 1 aliphatic rings. The average molecular weight is 341 g/mol. The van der Waals surface area contributed by atoms with Crippen molar-refractivity contribution in [3.63, 3.8) is 0 Å². The van der Waals surface area contributed by atoms with Crippen LogP contribution in [0.25, 0.3) is 0 Å². The second-order valence-corrected chi connectivity index (χ2v) is 5.67. The van der Waals surface area contributed by atoms with E-state index in [0.29, 0.717) is 19.5 Å². The van der Waals surface area contributed by atoms with E-state index in [0.717, 1.165) is 10.2 Å². The van der Waals surface area contributed by atoms with E-state index in [1.807, 2.05) is 24.3 Å². The highest BCUT2D eigenvalue weighted by molar-refractivity contribution is 9.10. The predicted molar refractivity (Wildman–Crippen MR) is 79.3 cm³/mol. The number of aliphatic hydroxyl groups excluding tert-OH is 1. The van der Waals surface area contributed by atoms with Gasteiger partial charge in [0.05, 0.1) is 5.92 Å². The van der Waals surface area contributed by atoms with Gasteiger partial charge in [0, 0.05) is 36.3 Å². The summed E-state index contributed by atoms with van der Waals surface area (Å²) in [5.74, 6) is -0.467. The first kappa shape index (κ1) is 15.0. The van der Waals surface area contributed by atoms with Crippen molar-refractivity contribution in [2.75, 3.05) is 24.6 Å². The summed E-state index contributed by atoms with van der Waals surface area (Å²) in [6, 6.07) is 7.45. The van der Waals surface area contributed by atoms with Crippen LogP contribution in [0.5, 0.6) is 0 Å². The molecule has 20 heavy (non-hydrogen) atoms. The Hall–Kier alpha value is -1.40. The molecular formula is C14H17BrN2O3. The van der Waals surface area contributed by atoms with Crippen LogP contribution < -0.4 is 10.2 Å². The van der Waals surface area contributed by atoms with Crippen LogP contribution >= 0.6 is 15.9 Å². The Morgan fingerprint density at radius 1 is 1.40 bits per heavy atom. The third-order valence-corrected chi connectivity index (χ3v) is 3.80. The van der Waals surface area contributed by atoms with E-state index in [1.54, 1.807) is 4.90 Å². The SMILES string of the molecule is O=C(NCCCO)[C@@H]1CC(=O)N(c2ccc(Br)cc2)C1. The summed E-state index contributed by atoms with van der Waals surface area (Å²) in [5, 5.41) is 11.4. The van der Waals surface area contributed by atoms with Crippen molar-refractivity contribution in [2.45, 2.75) is 12.8 Å². The standard InChI is InChI=1S/C14H17BrN2O3/c15-11-2-4-12(5-3-11)17-9-10(8-13(17)19)14(20)16-6-1-7-18/h2-5,10,18H,1,6-9H2,(H,16,20)/t10-/m1/s1. The monoisotopic (exact) mass is 340 g/mol. The second kappa shape index (κ2) is 6.85. The molecule has 1 fully saturated rings. The number of halogens is 1. The summed E-state index contributed by atoms with van der Waals surface area (Å²) in [6.07, 6.45) is 0.768. The Labute approximate surface area is 126 Å². The maximum Gasteiger partial charge on any atom is 0.227 e. The summed E-state index contributed by atoms with van der Waals surface area (Å²) < 4.78 is 0.950. The normalized spacial score (nSPS) is 18.4. The van der Waals surface area contributed by atoms with Crippen molar-refractivity contribution in [3.8, 4) is 0 Å². The van der Waals surface area contributed by atoms with Gasteiger partial charge >= 0.3 is 0 Å². The molecule has 0 spiro atoms. The lowest BCUT2D eigenvalue weighted by atomic mass is 10.1. The molecule has 6 heteroatoms. The minimum atomic E-state index is -0.315. The molecule has 2 amide bonds. The van der Waals surface area contributed by atoms with E-state index in [2.05, 4.69) is 21.2 Å². The molecule has 0 aliphatic carbocycles. The molecular weight excluding hydrogens is 324 g/mol. The molecule has 1 heterocycles. The molecule has 0 radical (unpaired) electrons. The minimum Gasteiger partial charge on any atom is -0.396 e. The molecule has 1 atom stereocenters. The van der Waals surface area contributed by atoms with Crippen LogP contribution in [-0.2, 0) is 9.59 Å². The lowest BCUT2D eigenvalue weighted by Crippen LogP contribution is -2.33. The summed E-state index contributed by atoms with van der Waals surface area (Å²) in [5.41, 5.74) is 0.809. The number of rotatable bonds is 5. The lowest BCUT2D eigenvalue weighted by molar-refractivity contribution is -0.126. The van der Waals surface area contributed by atoms with E-state index < -0.39 is 0 Å². The first-order valence-corrected chi connectivity index (χ1v) is 7.35. The summed E-state index contributed by atoms with van der Waals surface area (Å²) in [7, 11) is 0. The van der Waals surface area contributed by atoms with Gasteiger partial charge in [-0.3, -0.25) is 9.59 Å². The third kappa shape index (κ3) is 3.58. The number of hydrogen-bond acceptors (Lipinski definition) is 3. The number of nitrogens with zero attached hydrogens (tertiary/aromatic N) is 1. The first-order valence-electron chi connectivity index (χ1n) is 6.56. The minimum absolute atomic E-state index is 0.0327. The van der Waals surface area contributed by atoms with E-state index in [9.17, 15) is 9.59 Å². The number of nitrogens with one attached hydrogen (secondary N) is 1. The first-order chi connectivity index (χ1) is 9.61. The van der Waals surface area contributed by atoms with Gasteiger partial charge in [-0.25, -0.2) is 0 Å². The highest BCUT2D eigenvalue weighted by atomic mass is 79.9. The third-order valence-electron chi connectivity index (χ3n) is 3.27. The molecule has 2 N–H and O–H groups in total. The number of carbonyl (C=O) groups excluding carboxylic acids is 2. The number of aliphatic hydroxyl groups is 1. The van der Waals surface area contributed by atoms with Gasteiger partial charge < -0.3 is 15.3 Å². The molecule has 1 saturated heterocycles. The molecule has 1 aromatic carbocycles. The van der Waals surface area contributed by atoms with Gasteiger partial charge in [-0.15, -0.1) is 0 Å². The van der Waals surface area contributed by atoms with E-state index in [-0.39, 0.29) is 30.8 Å². The van der Waals surface area contributed by atoms with Crippen LogP contribution in [0.1, 0.15) is 12.8 Å².